The monoisotopic (exact) mass is 184 g/mol. The van der Waals surface area contributed by atoms with Crippen molar-refractivity contribution < 1.29 is 14.3 Å². The van der Waals surface area contributed by atoms with E-state index < -0.39 is 0 Å². The van der Waals surface area contributed by atoms with Crippen LogP contribution in [0.2, 0.25) is 0 Å². The second-order valence-corrected chi connectivity index (χ2v) is 3.37. The van der Waals surface area contributed by atoms with Crippen LogP contribution in [0, 0.1) is 0 Å². The molecule has 2 saturated heterocycles. The van der Waals surface area contributed by atoms with Gasteiger partial charge < -0.3 is 15.0 Å². The Morgan fingerprint density at radius 3 is 2.92 bits per heavy atom. The Bertz CT molecular complexity index is 230. The lowest BCUT2D eigenvalue weighted by molar-refractivity contribution is -0.143. The van der Waals surface area contributed by atoms with Crippen LogP contribution in [-0.2, 0) is 14.3 Å². The lowest BCUT2D eigenvalue weighted by atomic mass is 10.1. The molecule has 2 atom stereocenters. The molecule has 2 aliphatic heterocycles. The maximum atomic E-state index is 11.3. The number of nitrogens with zero attached hydrogens (tertiary/aromatic N) is 1. The van der Waals surface area contributed by atoms with Crippen molar-refractivity contribution in [3.8, 4) is 0 Å². The summed E-state index contributed by atoms with van der Waals surface area (Å²) in [5.74, 6) is -0.0664. The molecule has 2 fully saturated rings. The zero-order chi connectivity index (χ0) is 9.42. The fraction of sp³-hybridized carbons (Fsp3) is 0.750. The normalized spacial score (nSPS) is 33.2. The van der Waals surface area contributed by atoms with Crippen LogP contribution in [0.15, 0.2) is 0 Å². The van der Waals surface area contributed by atoms with E-state index in [2.05, 4.69) is 5.32 Å². The predicted molar refractivity (Wildman–Crippen MR) is 43.9 cm³/mol. The number of carbonyl (C=O) groups excluding carboxylic acids is 2. The van der Waals surface area contributed by atoms with Crippen molar-refractivity contribution in [3.63, 3.8) is 0 Å². The second-order valence-electron chi connectivity index (χ2n) is 3.37. The smallest absolute Gasteiger partial charge is 0.243 e. The Kier molecular flexibility index (Phi) is 1.95. The molecule has 0 aromatic carbocycles. The van der Waals surface area contributed by atoms with Crippen LogP contribution in [0.1, 0.15) is 6.42 Å². The van der Waals surface area contributed by atoms with Crippen LogP contribution in [0.4, 0.5) is 0 Å². The molecule has 13 heavy (non-hydrogen) atoms. The number of nitrogens with one attached hydrogen (secondary N) is 1. The Labute approximate surface area is 76.0 Å². The molecule has 2 heterocycles. The molecule has 5 heteroatoms. The lowest BCUT2D eigenvalue weighted by Crippen LogP contribution is -2.55. The predicted octanol–water partition coefficient (Wildman–Crippen LogP) is -1.27. The first kappa shape index (κ1) is 8.50. The number of hydrogen-bond donors (Lipinski definition) is 1. The highest BCUT2D eigenvalue weighted by atomic mass is 16.5. The maximum Gasteiger partial charge on any atom is 0.243 e. The van der Waals surface area contributed by atoms with Gasteiger partial charge in [0, 0.05) is 20.1 Å². The minimum absolute atomic E-state index is 0.0100. The molecule has 1 N–H and O–H groups in total. The molecule has 0 aliphatic carbocycles. The number of fused-ring (bicyclic) bond motifs is 1. The van der Waals surface area contributed by atoms with Gasteiger partial charge in [0.05, 0.1) is 12.6 Å². The van der Waals surface area contributed by atoms with Crippen LogP contribution < -0.4 is 5.32 Å². The molecule has 72 valence electrons. The molecule has 2 rings (SSSR count). The Morgan fingerprint density at radius 1 is 1.54 bits per heavy atom. The number of ether oxygens (including phenoxy) is 1. The van der Waals surface area contributed by atoms with Crippen LogP contribution in [0.25, 0.3) is 0 Å². The highest BCUT2D eigenvalue weighted by Crippen LogP contribution is 2.21. The fourth-order valence-electron chi connectivity index (χ4n) is 1.87. The number of carbonyl (C=O) groups is 2. The Morgan fingerprint density at radius 2 is 2.31 bits per heavy atom. The van der Waals surface area contributed by atoms with Gasteiger partial charge >= 0.3 is 0 Å². The molecule has 0 saturated carbocycles. The summed E-state index contributed by atoms with van der Waals surface area (Å²) in [7, 11) is 1.60. The summed E-state index contributed by atoms with van der Waals surface area (Å²) in [6.45, 7) is 0.680. The van der Waals surface area contributed by atoms with E-state index in [-0.39, 0.29) is 30.5 Å². The van der Waals surface area contributed by atoms with Crippen molar-refractivity contribution in [2.75, 3.05) is 20.2 Å². The Balaban J connectivity index is 2.14. The van der Waals surface area contributed by atoms with Crippen molar-refractivity contribution in [2.45, 2.75) is 18.6 Å². The fourth-order valence-corrected chi connectivity index (χ4v) is 1.87. The van der Waals surface area contributed by atoms with Gasteiger partial charge in [-0.3, -0.25) is 9.59 Å². The molecule has 0 spiro atoms. The molecule has 0 radical (unpaired) electrons. The molecule has 5 nitrogen and oxygen atoms in total. The van der Waals surface area contributed by atoms with Gasteiger partial charge in [-0.2, -0.15) is 0 Å². The van der Waals surface area contributed by atoms with E-state index in [1.165, 1.54) is 0 Å². The number of amides is 2. The van der Waals surface area contributed by atoms with Gasteiger partial charge in [0.25, 0.3) is 0 Å². The minimum Gasteiger partial charge on any atom is -0.380 e. The quantitative estimate of drug-likeness (QED) is 0.553. The third-order valence-electron chi connectivity index (χ3n) is 2.63. The molecule has 0 aromatic rings. The molecule has 2 aliphatic rings. The minimum atomic E-state index is -0.300. The average Bonchev–Trinajstić information content (AvgIpc) is 2.56. The summed E-state index contributed by atoms with van der Waals surface area (Å²) < 4.78 is 5.13. The van der Waals surface area contributed by atoms with E-state index in [1.807, 2.05) is 0 Å². The second kappa shape index (κ2) is 2.99. The first-order chi connectivity index (χ1) is 6.22. The first-order valence-electron chi connectivity index (χ1n) is 4.32. The number of hydrogen-bond acceptors (Lipinski definition) is 3. The van der Waals surface area contributed by atoms with Crippen molar-refractivity contribution >= 4 is 11.8 Å². The van der Waals surface area contributed by atoms with Gasteiger partial charge in [-0.1, -0.05) is 0 Å². The summed E-state index contributed by atoms with van der Waals surface area (Å²) in [6.07, 6.45) is 0.631. The molecule has 2 unspecified atom stereocenters. The van der Waals surface area contributed by atoms with E-state index in [4.69, 9.17) is 4.74 Å². The zero-order valence-corrected chi connectivity index (χ0v) is 7.45. The number of rotatable bonds is 1. The van der Waals surface area contributed by atoms with E-state index in [9.17, 15) is 9.59 Å². The van der Waals surface area contributed by atoms with Gasteiger partial charge in [0.1, 0.15) is 6.04 Å². The van der Waals surface area contributed by atoms with Gasteiger partial charge in [-0.15, -0.1) is 0 Å². The van der Waals surface area contributed by atoms with Crippen molar-refractivity contribution in [3.05, 3.63) is 0 Å². The molecular formula is C8H12N2O3. The molecule has 2 amide bonds. The Hall–Kier alpha value is -1.10. The first-order valence-corrected chi connectivity index (χ1v) is 4.32. The summed E-state index contributed by atoms with van der Waals surface area (Å²) >= 11 is 0. The van der Waals surface area contributed by atoms with Crippen LogP contribution in [0.5, 0.6) is 0 Å². The van der Waals surface area contributed by atoms with Gasteiger partial charge in [-0.25, -0.2) is 0 Å². The highest BCUT2D eigenvalue weighted by molar-refractivity contribution is 5.95. The summed E-state index contributed by atoms with van der Waals surface area (Å²) in [5.41, 5.74) is 0. The summed E-state index contributed by atoms with van der Waals surface area (Å²) in [6, 6.07) is -0.300. The summed E-state index contributed by atoms with van der Waals surface area (Å²) in [5, 5.41) is 2.56. The van der Waals surface area contributed by atoms with E-state index >= 15 is 0 Å². The van der Waals surface area contributed by atoms with Crippen LogP contribution >= 0.6 is 0 Å². The van der Waals surface area contributed by atoms with Crippen LogP contribution in [0.3, 0.4) is 0 Å². The largest absolute Gasteiger partial charge is 0.380 e. The number of piperazine rings is 1. The average molecular weight is 184 g/mol. The molecule has 0 aromatic heterocycles. The third-order valence-corrected chi connectivity index (χ3v) is 2.63. The molecule has 0 bridgehead atoms. The maximum absolute atomic E-state index is 11.3. The summed E-state index contributed by atoms with van der Waals surface area (Å²) in [4.78, 5) is 24.3. The van der Waals surface area contributed by atoms with Gasteiger partial charge in [0.15, 0.2) is 0 Å². The number of methoxy groups -OCH3 is 1. The van der Waals surface area contributed by atoms with Crippen molar-refractivity contribution in [2.24, 2.45) is 0 Å². The lowest BCUT2D eigenvalue weighted by Gasteiger charge is -2.28. The van der Waals surface area contributed by atoms with E-state index in [0.29, 0.717) is 13.0 Å². The topological polar surface area (TPSA) is 58.6 Å². The zero-order valence-electron chi connectivity index (χ0n) is 7.45. The standard InChI is InChI=1S/C8H12N2O3/c1-13-5-2-6-8(12)9-3-7(11)10(6)4-5/h5-6H,2-4H2,1H3,(H,9,12). The third kappa shape index (κ3) is 1.29. The van der Waals surface area contributed by atoms with E-state index in [1.54, 1.807) is 12.0 Å². The molecular weight excluding hydrogens is 172 g/mol. The van der Waals surface area contributed by atoms with Gasteiger partial charge in [-0.05, 0) is 0 Å². The highest BCUT2D eigenvalue weighted by Gasteiger charge is 2.42. The van der Waals surface area contributed by atoms with Gasteiger partial charge in [0.2, 0.25) is 11.8 Å². The van der Waals surface area contributed by atoms with Crippen molar-refractivity contribution in [1.82, 2.24) is 10.2 Å². The van der Waals surface area contributed by atoms with Crippen LogP contribution in [-0.4, -0.2) is 49.1 Å². The SMILES string of the molecule is COC1CC2C(=O)NCC(=O)N2C1. The van der Waals surface area contributed by atoms with Crippen molar-refractivity contribution in [1.29, 1.82) is 0 Å². The van der Waals surface area contributed by atoms with E-state index in [0.717, 1.165) is 0 Å².